The van der Waals surface area contributed by atoms with Crippen LogP contribution >= 0.6 is 0 Å². The van der Waals surface area contributed by atoms with Crippen LogP contribution in [0.5, 0.6) is 5.75 Å². The lowest BCUT2D eigenvalue weighted by Gasteiger charge is -2.28. The minimum atomic E-state index is -4.46. The fraction of sp³-hybridized carbons (Fsp3) is 0.349. The number of carbonyl (C=O) groups is 3. The Kier molecular flexibility index (Phi) is 13.3. The van der Waals surface area contributed by atoms with Crippen molar-refractivity contribution in [3.8, 4) is 17.3 Å². The number of aliphatic hydroxyl groups is 1. The number of hydrogen-bond acceptors (Lipinski definition) is 10. The maximum atomic E-state index is 13.4. The first kappa shape index (κ1) is 42.4. The van der Waals surface area contributed by atoms with Crippen LogP contribution in [0.1, 0.15) is 58.6 Å². The molecule has 6 aromatic rings. The third-order valence-corrected chi connectivity index (χ3v) is 10.3. The number of ether oxygens (including phenoxy) is 1. The number of unbranched alkanes of at least 4 members (excludes halogenated alkanes) is 2. The van der Waals surface area contributed by atoms with E-state index in [4.69, 9.17) is 9.26 Å². The molecule has 0 bridgehead atoms. The number of aliphatic hydroxyl groups excluding tert-OH is 1. The predicted octanol–water partition coefficient (Wildman–Crippen LogP) is 5.31. The van der Waals surface area contributed by atoms with E-state index in [1.807, 2.05) is 54.4 Å². The quantitative estimate of drug-likeness (QED) is 0.0880. The molecule has 1 atom stereocenters. The van der Waals surface area contributed by atoms with Gasteiger partial charge in [0.1, 0.15) is 18.9 Å². The zero-order chi connectivity index (χ0) is 42.9. The Hall–Kier alpha value is -6.69. The Bertz CT molecular complexity index is 2460. The predicted molar refractivity (Wildman–Crippen MR) is 218 cm³/mol. The lowest BCUT2D eigenvalue weighted by Crippen LogP contribution is -2.46. The van der Waals surface area contributed by atoms with E-state index in [-0.39, 0.29) is 55.0 Å². The van der Waals surface area contributed by atoms with Gasteiger partial charge >= 0.3 is 6.18 Å². The van der Waals surface area contributed by atoms with Crippen molar-refractivity contribution in [1.82, 2.24) is 40.4 Å². The van der Waals surface area contributed by atoms with E-state index < -0.39 is 18.6 Å². The summed E-state index contributed by atoms with van der Waals surface area (Å²) in [7, 11) is 1.85. The van der Waals surface area contributed by atoms with Crippen LogP contribution in [0.3, 0.4) is 0 Å². The number of nitrogens with one attached hydrogen (secondary N) is 3. The highest BCUT2D eigenvalue weighted by Crippen LogP contribution is 2.31. The van der Waals surface area contributed by atoms with E-state index in [0.717, 1.165) is 39.8 Å². The minimum Gasteiger partial charge on any atom is -0.489 e. The fourth-order valence-electron chi connectivity index (χ4n) is 7.14. The number of nitrogens with zero attached hydrogens (tertiary/aromatic N) is 6. The second-order valence-electron chi connectivity index (χ2n) is 15.0. The molecule has 0 radical (unpaired) electrons. The van der Waals surface area contributed by atoms with Crippen molar-refractivity contribution in [1.29, 1.82) is 0 Å². The average molecular weight is 842 g/mol. The summed E-state index contributed by atoms with van der Waals surface area (Å²) in [5.74, 6) is 0.0596. The Morgan fingerprint density at radius 2 is 1.80 bits per heavy atom. The molecular weight excluding hydrogens is 796 g/mol. The highest BCUT2D eigenvalue weighted by molar-refractivity contribution is 5.93. The Morgan fingerprint density at radius 1 is 1.00 bits per heavy atom. The maximum Gasteiger partial charge on any atom is 0.406 e. The minimum absolute atomic E-state index is 0.0233. The summed E-state index contributed by atoms with van der Waals surface area (Å²) >= 11 is 0. The average Bonchev–Trinajstić information content (AvgIpc) is 4.00. The van der Waals surface area contributed by atoms with Gasteiger partial charge in [-0.1, -0.05) is 60.1 Å². The van der Waals surface area contributed by atoms with Crippen LogP contribution in [-0.2, 0) is 48.8 Å². The number of aryl methyl sites for hydroxylation is 1. The first-order chi connectivity index (χ1) is 29.4. The zero-order valence-corrected chi connectivity index (χ0v) is 33.5. The number of hydrogen-bond donors (Lipinski definition) is 4. The number of alkyl halides is 3. The topological polar surface area (TPSA) is 182 Å². The van der Waals surface area contributed by atoms with Crippen LogP contribution < -0.4 is 25.6 Å². The van der Waals surface area contributed by atoms with Crippen LogP contribution in [-0.4, -0.2) is 79.7 Å². The monoisotopic (exact) mass is 841 g/mol. The molecule has 15 nitrogen and oxygen atoms in total. The Labute approximate surface area is 348 Å². The summed E-state index contributed by atoms with van der Waals surface area (Å²) in [6, 6.07) is 21.5. The van der Waals surface area contributed by atoms with Gasteiger partial charge in [0.05, 0.1) is 43.2 Å². The van der Waals surface area contributed by atoms with E-state index in [9.17, 15) is 32.7 Å². The second-order valence-corrected chi connectivity index (χ2v) is 15.0. The Balaban J connectivity index is 0.787. The molecule has 0 saturated heterocycles. The lowest BCUT2D eigenvalue weighted by molar-refractivity contribution is -0.139. The molecule has 0 spiro atoms. The van der Waals surface area contributed by atoms with Gasteiger partial charge in [0, 0.05) is 55.4 Å². The molecule has 0 fully saturated rings. The standard InChI is InChI=1S/C43H46F3N9O6/c1-53-24-39(58)50-33(25-56)17-31-14-15-34(19-36(31)53)60-26-29-12-10-28(11-13-29)20-47-38(57)9-3-2-6-16-54-23-32(21-49-54)42(59)48-22-40-51-41(52-61-40)37-18-30-7-4-5-8-35(30)55(37)27-43(44,45)46/h4-5,7-8,10-15,18-19,21,23,33,56H,2-3,6,9,16-17,20,22,24-27H2,1H3,(H,47,57)(H,48,59)(H,50,58). The van der Waals surface area contributed by atoms with Crippen LogP contribution in [0.25, 0.3) is 22.4 Å². The third-order valence-electron chi connectivity index (χ3n) is 10.3. The molecule has 1 aliphatic rings. The molecule has 1 unspecified atom stereocenters. The number of rotatable bonds is 17. The fourth-order valence-corrected chi connectivity index (χ4v) is 7.14. The number of carbonyl (C=O) groups excluding carboxylic acids is 3. The van der Waals surface area contributed by atoms with E-state index in [1.54, 1.807) is 41.2 Å². The van der Waals surface area contributed by atoms with Gasteiger partial charge in [-0.05, 0) is 54.2 Å². The van der Waals surface area contributed by atoms with Crippen LogP contribution in [0.15, 0.2) is 89.7 Å². The SMILES string of the molecule is CN1CC(=O)NC(CO)Cc2ccc(OCc3ccc(CNC(=O)CCCCCn4cc(C(=O)NCc5nc(-c6cc7ccccc7n6CC(F)(F)F)no5)cn4)cc3)cc21. The number of amides is 3. The third kappa shape index (κ3) is 11.3. The molecule has 0 saturated carbocycles. The molecule has 4 N–H and O–H groups in total. The van der Waals surface area contributed by atoms with Crippen molar-refractivity contribution in [2.45, 2.75) is 77.1 Å². The summed E-state index contributed by atoms with van der Waals surface area (Å²) in [6.45, 7) is -0.00207. The number of anilines is 1. The maximum absolute atomic E-state index is 13.4. The van der Waals surface area contributed by atoms with Gasteiger partial charge < -0.3 is 39.8 Å². The zero-order valence-electron chi connectivity index (χ0n) is 33.5. The molecular formula is C43H46F3N9O6. The van der Waals surface area contributed by atoms with E-state index in [1.165, 1.54) is 6.20 Å². The lowest BCUT2D eigenvalue weighted by atomic mass is 10.0. The summed E-state index contributed by atoms with van der Waals surface area (Å²) < 4.78 is 54.2. The molecule has 320 valence electrons. The van der Waals surface area contributed by atoms with Gasteiger partial charge in [-0.2, -0.15) is 23.3 Å². The van der Waals surface area contributed by atoms with E-state index >= 15 is 0 Å². The summed E-state index contributed by atoms with van der Waals surface area (Å²) in [4.78, 5) is 43.6. The van der Waals surface area contributed by atoms with Gasteiger partial charge in [-0.15, -0.1) is 0 Å². The van der Waals surface area contributed by atoms with Gasteiger partial charge in [0.2, 0.25) is 23.5 Å². The Morgan fingerprint density at radius 3 is 2.61 bits per heavy atom. The smallest absolute Gasteiger partial charge is 0.406 e. The molecule has 3 amide bonds. The largest absolute Gasteiger partial charge is 0.489 e. The van der Waals surface area contributed by atoms with Crippen molar-refractivity contribution in [2.75, 3.05) is 25.1 Å². The number of likely N-dealkylation sites (N-methyl/N-ethyl adjacent to an activating group) is 1. The van der Waals surface area contributed by atoms with Gasteiger partial charge in [-0.3, -0.25) is 19.1 Å². The first-order valence-corrected chi connectivity index (χ1v) is 19.9. The summed E-state index contributed by atoms with van der Waals surface area (Å²) in [5, 5.41) is 26.8. The highest BCUT2D eigenvalue weighted by Gasteiger charge is 2.31. The van der Waals surface area contributed by atoms with Crippen LogP contribution in [0.4, 0.5) is 18.9 Å². The number of para-hydroxylation sites is 1. The van der Waals surface area contributed by atoms with Crippen molar-refractivity contribution < 1.29 is 41.9 Å². The van der Waals surface area contributed by atoms with Crippen molar-refractivity contribution in [3.05, 3.63) is 113 Å². The van der Waals surface area contributed by atoms with Crippen molar-refractivity contribution >= 4 is 34.3 Å². The molecule has 3 aromatic carbocycles. The van der Waals surface area contributed by atoms with Crippen LogP contribution in [0.2, 0.25) is 0 Å². The number of halogens is 3. The van der Waals surface area contributed by atoms with Gasteiger partial charge in [0.25, 0.3) is 5.91 Å². The molecule has 61 heavy (non-hydrogen) atoms. The normalized spacial score (nSPS) is 14.3. The second kappa shape index (κ2) is 19.1. The van der Waals surface area contributed by atoms with Crippen molar-refractivity contribution in [2.24, 2.45) is 0 Å². The molecule has 0 aliphatic carbocycles. The molecule has 1 aliphatic heterocycles. The van der Waals surface area contributed by atoms with E-state index in [0.29, 0.717) is 61.2 Å². The number of aromatic nitrogens is 5. The van der Waals surface area contributed by atoms with E-state index in [2.05, 4.69) is 31.2 Å². The molecule has 3 aromatic heterocycles. The summed E-state index contributed by atoms with van der Waals surface area (Å²) in [5.41, 5.74) is 4.68. The number of benzene rings is 3. The van der Waals surface area contributed by atoms with Gasteiger partial charge in [-0.25, -0.2) is 0 Å². The van der Waals surface area contributed by atoms with Crippen molar-refractivity contribution in [3.63, 3.8) is 0 Å². The highest BCUT2D eigenvalue weighted by atomic mass is 19.4. The summed E-state index contributed by atoms with van der Waals surface area (Å²) in [6.07, 6.45) is 1.70. The van der Waals surface area contributed by atoms with Crippen LogP contribution in [0, 0.1) is 0 Å². The molecule has 18 heteroatoms. The molecule has 7 rings (SSSR count). The van der Waals surface area contributed by atoms with Gasteiger partial charge in [0.15, 0.2) is 0 Å². The first-order valence-electron chi connectivity index (χ1n) is 19.9. The number of fused-ring (bicyclic) bond motifs is 2. The molecule has 4 heterocycles.